The van der Waals surface area contributed by atoms with Crippen LogP contribution in [0.2, 0.25) is 0 Å². The maximum atomic E-state index is 13.2. The smallest absolute Gasteiger partial charge is 0.247 e. The van der Waals surface area contributed by atoms with Crippen molar-refractivity contribution < 1.29 is 9.18 Å². The lowest BCUT2D eigenvalue weighted by Gasteiger charge is -2.23. The van der Waals surface area contributed by atoms with Crippen LogP contribution in [-0.2, 0) is 4.79 Å². The van der Waals surface area contributed by atoms with Crippen LogP contribution in [0.1, 0.15) is 30.0 Å². The molecular weight excluding hydrogens is 327 g/mol. The number of halogens is 1. The fourth-order valence-corrected chi connectivity index (χ4v) is 3.58. The van der Waals surface area contributed by atoms with Crippen LogP contribution in [-0.4, -0.2) is 22.3 Å². The molecule has 1 unspecified atom stereocenters. The second kappa shape index (κ2) is 7.08. The summed E-state index contributed by atoms with van der Waals surface area (Å²) < 4.78 is 13.2. The maximum absolute atomic E-state index is 13.2. The number of rotatable bonds is 3. The van der Waals surface area contributed by atoms with Crippen molar-refractivity contribution in [3.05, 3.63) is 83.8 Å². The van der Waals surface area contributed by atoms with Gasteiger partial charge in [-0.05, 0) is 42.7 Å². The quantitative estimate of drug-likeness (QED) is 0.641. The molecule has 3 nitrogen and oxygen atoms in total. The number of hydrogen-bond donors (Lipinski definition) is 0. The van der Waals surface area contributed by atoms with E-state index in [2.05, 4.69) is 4.98 Å². The van der Waals surface area contributed by atoms with Crippen molar-refractivity contribution in [1.82, 2.24) is 9.88 Å². The normalized spacial score (nSPS) is 17.3. The Balaban J connectivity index is 1.57. The number of carbonyl (C=O) groups excluding carboxylic acids is 1. The summed E-state index contributed by atoms with van der Waals surface area (Å²) in [6, 6.07) is 16.3. The SMILES string of the molecule is O=C(C=Cc1cccc2cccnc12)N1CCCC1c1ccc(F)cc1. The number of aromatic nitrogens is 1. The Labute approximate surface area is 151 Å². The van der Waals surface area contributed by atoms with Gasteiger partial charge in [-0.15, -0.1) is 0 Å². The van der Waals surface area contributed by atoms with Gasteiger partial charge in [0.2, 0.25) is 5.91 Å². The molecule has 1 aliphatic heterocycles. The predicted octanol–water partition coefficient (Wildman–Crippen LogP) is 4.75. The molecule has 0 bridgehead atoms. The van der Waals surface area contributed by atoms with Crippen molar-refractivity contribution in [1.29, 1.82) is 0 Å². The Kier molecular flexibility index (Phi) is 4.48. The second-order valence-electron chi connectivity index (χ2n) is 6.50. The molecule has 4 heteroatoms. The van der Waals surface area contributed by atoms with E-state index in [9.17, 15) is 9.18 Å². The Morgan fingerprint density at radius 2 is 1.92 bits per heavy atom. The van der Waals surface area contributed by atoms with Gasteiger partial charge in [0.05, 0.1) is 11.6 Å². The van der Waals surface area contributed by atoms with E-state index >= 15 is 0 Å². The first-order valence-corrected chi connectivity index (χ1v) is 8.80. The number of nitrogens with zero attached hydrogens (tertiary/aromatic N) is 2. The average Bonchev–Trinajstić information content (AvgIpc) is 3.16. The van der Waals surface area contributed by atoms with E-state index in [1.807, 2.05) is 41.3 Å². The molecule has 0 saturated carbocycles. The summed E-state index contributed by atoms with van der Waals surface area (Å²) in [5.41, 5.74) is 2.79. The van der Waals surface area contributed by atoms with Crippen LogP contribution in [0.25, 0.3) is 17.0 Å². The third-order valence-electron chi connectivity index (χ3n) is 4.86. The van der Waals surface area contributed by atoms with Crippen LogP contribution in [0, 0.1) is 5.82 Å². The lowest BCUT2D eigenvalue weighted by molar-refractivity contribution is -0.126. The standard InChI is InChI=1S/C22H19FN2O/c23-19-11-8-16(9-12-19)20-7-3-15-25(20)21(26)13-10-18-5-1-4-17-6-2-14-24-22(17)18/h1-2,4-6,8-14,20H,3,7,15H2. The number of amides is 1. The van der Waals surface area contributed by atoms with Gasteiger partial charge in [0.1, 0.15) is 5.82 Å². The molecular formula is C22H19FN2O. The summed E-state index contributed by atoms with van der Waals surface area (Å²) in [4.78, 5) is 19.0. The van der Waals surface area contributed by atoms with Gasteiger partial charge in [-0.1, -0.05) is 36.4 Å². The summed E-state index contributed by atoms with van der Waals surface area (Å²) in [6.45, 7) is 0.721. The van der Waals surface area contributed by atoms with Gasteiger partial charge >= 0.3 is 0 Å². The summed E-state index contributed by atoms with van der Waals surface area (Å²) in [7, 11) is 0. The molecule has 1 atom stereocenters. The summed E-state index contributed by atoms with van der Waals surface area (Å²) in [6.07, 6.45) is 7.06. The van der Waals surface area contributed by atoms with Gasteiger partial charge in [-0.3, -0.25) is 9.78 Å². The minimum Gasteiger partial charge on any atom is -0.332 e. The third-order valence-corrected chi connectivity index (χ3v) is 4.86. The van der Waals surface area contributed by atoms with Crippen LogP contribution < -0.4 is 0 Å². The van der Waals surface area contributed by atoms with Crippen molar-refractivity contribution in [2.75, 3.05) is 6.54 Å². The van der Waals surface area contributed by atoms with Gasteiger partial charge in [-0.2, -0.15) is 0 Å². The van der Waals surface area contributed by atoms with E-state index < -0.39 is 0 Å². The van der Waals surface area contributed by atoms with E-state index in [0.717, 1.165) is 41.4 Å². The van der Waals surface area contributed by atoms with Crippen molar-refractivity contribution in [3.63, 3.8) is 0 Å². The molecule has 3 aromatic rings. The van der Waals surface area contributed by atoms with E-state index in [-0.39, 0.29) is 17.8 Å². The van der Waals surface area contributed by atoms with Crippen LogP contribution in [0.4, 0.5) is 4.39 Å². The number of carbonyl (C=O) groups is 1. The minimum absolute atomic E-state index is 0.0124. The fourth-order valence-electron chi connectivity index (χ4n) is 3.58. The molecule has 1 aromatic heterocycles. The third kappa shape index (κ3) is 3.23. The number of hydrogen-bond acceptors (Lipinski definition) is 2. The Morgan fingerprint density at radius 3 is 2.77 bits per heavy atom. The maximum Gasteiger partial charge on any atom is 0.247 e. The zero-order chi connectivity index (χ0) is 17.9. The topological polar surface area (TPSA) is 33.2 Å². The largest absolute Gasteiger partial charge is 0.332 e. The molecule has 0 spiro atoms. The molecule has 1 fully saturated rings. The first-order chi connectivity index (χ1) is 12.7. The van der Waals surface area contributed by atoms with Crippen LogP contribution in [0.5, 0.6) is 0 Å². The molecule has 1 saturated heterocycles. The number of pyridine rings is 1. The molecule has 130 valence electrons. The molecule has 0 aliphatic carbocycles. The fraction of sp³-hybridized carbons (Fsp3) is 0.182. The number of para-hydroxylation sites is 1. The number of benzene rings is 2. The first kappa shape index (κ1) is 16.5. The summed E-state index contributed by atoms with van der Waals surface area (Å²) in [5, 5.41) is 1.05. The van der Waals surface area contributed by atoms with Crippen LogP contribution in [0.3, 0.4) is 0 Å². The molecule has 1 amide bonds. The molecule has 4 rings (SSSR count). The van der Waals surface area contributed by atoms with E-state index in [0.29, 0.717) is 0 Å². The highest BCUT2D eigenvalue weighted by atomic mass is 19.1. The monoisotopic (exact) mass is 346 g/mol. The molecule has 1 aliphatic rings. The summed E-state index contributed by atoms with van der Waals surface area (Å²) >= 11 is 0. The van der Waals surface area contributed by atoms with Crippen LogP contribution in [0.15, 0.2) is 66.9 Å². The number of fused-ring (bicyclic) bond motifs is 1. The lowest BCUT2D eigenvalue weighted by atomic mass is 10.0. The van der Waals surface area contributed by atoms with Crippen molar-refractivity contribution in [2.45, 2.75) is 18.9 Å². The molecule has 2 heterocycles. The Bertz CT molecular complexity index is 960. The van der Waals surface area contributed by atoms with Crippen molar-refractivity contribution in [2.24, 2.45) is 0 Å². The van der Waals surface area contributed by atoms with E-state index in [1.54, 1.807) is 24.4 Å². The average molecular weight is 346 g/mol. The van der Waals surface area contributed by atoms with Crippen molar-refractivity contribution in [3.8, 4) is 0 Å². The van der Waals surface area contributed by atoms with E-state index in [4.69, 9.17) is 0 Å². The summed E-state index contributed by atoms with van der Waals surface area (Å²) in [5.74, 6) is -0.280. The minimum atomic E-state index is -0.257. The lowest BCUT2D eigenvalue weighted by Crippen LogP contribution is -2.28. The zero-order valence-corrected chi connectivity index (χ0v) is 14.3. The Hall–Kier alpha value is -3.01. The predicted molar refractivity (Wildman–Crippen MR) is 101 cm³/mol. The van der Waals surface area contributed by atoms with Crippen molar-refractivity contribution >= 4 is 22.9 Å². The van der Waals surface area contributed by atoms with Gasteiger partial charge in [0.25, 0.3) is 0 Å². The second-order valence-corrected chi connectivity index (χ2v) is 6.50. The van der Waals surface area contributed by atoms with Gasteiger partial charge in [-0.25, -0.2) is 4.39 Å². The molecule has 26 heavy (non-hydrogen) atoms. The van der Waals surface area contributed by atoms with Gasteiger partial charge in [0, 0.05) is 29.8 Å². The van der Waals surface area contributed by atoms with E-state index in [1.165, 1.54) is 12.1 Å². The van der Waals surface area contributed by atoms with Gasteiger partial charge < -0.3 is 4.90 Å². The molecule has 2 aromatic carbocycles. The highest BCUT2D eigenvalue weighted by molar-refractivity contribution is 5.95. The Morgan fingerprint density at radius 1 is 1.12 bits per heavy atom. The molecule has 0 radical (unpaired) electrons. The van der Waals surface area contributed by atoms with Crippen LogP contribution >= 0.6 is 0 Å². The molecule has 0 N–H and O–H groups in total. The highest BCUT2D eigenvalue weighted by Crippen LogP contribution is 2.32. The zero-order valence-electron chi connectivity index (χ0n) is 14.3. The van der Waals surface area contributed by atoms with Gasteiger partial charge in [0.15, 0.2) is 0 Å². The first-order valence-electron chi connectivity index (χ1n) is 8.80. The number of likely N-dealkylation sites (tertiary alicyclic amines) is 1. The highest BCUT2D eigenvalue weighted by Gasteiger charge is 2.28.